The van der Waals surface area contributed by atoms with Gasteiger partial charge in [-0.1, -0.05) is 18.2 Å². The third-order valence-corrected chi connectivity index (χ3v) is 7.49. The van der Waals surface area contributed by atoms with Crippen molar-refractivity contribution < 1.29 is 13.2 Å². The highest BCUT2D eigenvalue weighted by Gasteiger charge is 2.29. The van der Waals surface area contributed by atoms with Gasteiger partial charge >= 0.3 is 0 Å². The quantitative estimate of drug-likeness (QED) is 0.663. The lowest BCUT2D eigenvalue weighted by atomic mass is 9.93. The van der Waals surface area contributed by atoms with Crippen molar-refractivity contribution in [2.45, 2.75) is 44.0 Å². The molecular weight excluding hydrogens is 386 g/mol. The van der Waals surface area contributed by atoms with Crippen LogP contribution < -0.4 is 0 Å². The highest BCUT2D eigenvalue weighted by atomic mass is 32.2. The van der Waals surface area contributed by atoms with E-state index in [2.05, 4.69) is 4.98 Å². The normalized spacial score (nSPS) is 15.9. The number of rotatable bonds is 8. The molecule has 0 unspecified atom stereocenters. The monoisotopic (exact) mass is 415 g/mol. The van der Waals surface area contributed by atoms with Crippen LogP contribution in [0.1, 0.15) is 38.2 Å². The molecule has 1 fully saturated rings. The molecule has 156 valence electrons. The van der Waals surface area contributed by atoms with Crippen LogP contribution in [0, 0.1) is 5.92 Å². The molecule has 1 aromatic heterocycles. The molecule has 0 spiro atoms. The molecule has 0 aliphatic carbocycles. The number of pyridine rings is 1. The van der Waals surface area contributed by atoms with Gasteiger partial charge < -0.3 is 4.90 Å². The lowest BCUT2D eigenvalue weighted by Gasteiger charge is -2.31. The lowest BCUT2D eigenvalue weighted by molar-refractivity contribution is -0.132. The second kappa shape index (κ2) is 9.98. The molecule has 3 rings (SSSR count). The number of aromatic nitrogens is 1. The number of benzene rings is 1. The van der Waals surface area contributed by atoms with Gasteiger partial charge in [0, 0.05) is 45.0 Å². The van der Waals surface area contributed by atoms with Crippen molar-refractivity contribution in [2.75, 3.05) is 19.6 Å². The molecule has 1 aliphatic heterocycles. The van der Waals surface area contributed by atoms with Crippen LogP contribution in [0.3, 0.4) is 0 Å². The molecule has 0 atom stereocenters. The summed E-state index contributed by atoms with van der Waals surface area (Å²) in [4.78, 5) is 18.9. The molecule has 1 amide bonds. The summed E-state index contributed by atoms with van der Waals surface area (Å²) in [6, 6.07) is 12.5. The molecule has 1 saturated heterocycles. The highest BCUT2D eigenvalue weighted by Crippen LogP contribution is 2.26. The lowest BCUT2D eigenvalue weighted by Crippen LogP contribution is -2.38. The Bertz CT molecular complexity index is 880. The molecule has 1 aliphatic rings. The van der Waals surface area contributed by atoms with Crippen molar-refractivity contribution in [2.24, 2.45) is 5.92 Å². The Kier molecular flexibility index (Phi) is 7.39. The predicted molar refractivity (Wildman–Crippen MR) is 112 cm³/mol. The number of carbonyl (C=O) groups is 1. The minimum atomic E-state index is -3.42. The largest absolute Gasteiger partial charge is 0.339 e. The van der Waals surface area contributed by atoms with Crippen LogP contribution in [0.4, 0.5) is 0 Å². The van der Waals surface area contributed by atoms with E-state index in [1.54, 1.807) is 41.0 Å². The van der Waals surface area contributed by atoms with Crippen molar-refractivity contribution in [3.63, 3.8) is 0 Å². The fraction of sp³-hybridized carbons (Fsp3) is 0.455. The maximum Gasteiger partial charge on any atom is 0.243 e. The van der Waals surface area contributed by atoms with Crippen LogP contribution in [0.5, 0.6) is 0 Å². The number of hydrogen-bond acceptors (Lipinski definition) is 4. The molecule has 2 aromatic rings. The summed E-state index contributed by atoms with van der Waals surface area (Å²) >= 11 is 0. The van der Waals surface area contributed by atoms with Gasteiger partial charge in [-0.05, 0) is 61.9 Å². The van der Waals surface area contributed by atoms with Crippen LogP contribution in [-0.2, 0) is 21.4 Å². The van der Waals surface area contributed by atoms with E-state index in [0.717, 1.165) is 24.8 Å². The molecule has 0 bridgehead atoms. The standard InChI is InChI=1S/C22H29N3O3S/c1-2-24(18-20-10-14-23-15-11-20)22(26)9-8-19-12-16-25(17-13-19)29(27,28)21-6-4-3-5-7-21/h3-7,10-11,14-15,19H,2,8-9,12-13,16-18H2,1H3. The fourth-order valence-electron chi connectivity index (χ4n) is 3.75. The van der Waals surface area contributed by atoms with Gasteiger partial charge in [-0.25, -0.2) is 8.42 Å². The molecule has 29 heavy (non-hydrogen) atoms. The zero-order valence-electron chi connectivity index (χ0n) is 16.9. The van der Waals surface area contributed by atoms with Gasteiger partial charge in [-0.2, -0.15) is 4.31 Å². The van der Waals surface area contributed by atoms with E-state index in [1.165, 1.54) is 0 Å². The number of carbonyl (C=O) groups excluding carboxylic acids is 1. The van der Waals surface area contributed by atoms with E-state index in [4.69, 9.17) is 0 Å². The first-order chi connectivity index (χ1) is 14.0. The summed E-state index contributed by atoms with van der Waals surface area (Å²) in [5.74, 6) is 0.546. The first-order valence-electron chi connectivity index (χ1n) is 10.2. The summed E-state index contributed by atoms with van der Waals surface area (Å²) in [5, 5.41) is 0. The molecule has 6 nitrogen and oxygen atoms in total. The molecule has 0 N–H and O–H groups in total. The van der Waals surface area contributed by atoms with E-state index in [1.807, 2.05) is 30.0 Å². The summed E-state index contributed by atoms with van der Waals surface area (Å²) in [6.45, 7) is 4.31. The van der Waals surface area contributed by atoms with Gasteiger partial charge in [0.15, 0.2) is 0 Å². The fourth-order valence-corrected chi connectivity index (χ4v) is 5.24. The van der Waals surface area contributed by atoms with E-state index >= 15 is 0 Å². The van der Waals surface area contributed by atoms with Gasteiger partial charge in [0.1, 0.15) is 0 Å². The van der Waals surface area contributed by atoms with Crippen LogP contribution >= 0.6 is 0 Å². The van der Waals surface area contributed by atoms with Gasteiger partial charge in [-0.15, -0.1) is 0 Å². The summed E-state index contributed by atoms with van der Waals surface area (Å²) in [5.41, 5.74) is 1.08. The predicted octanol–water partition coefficient (Wildman–Crippen LogP) is 3.31. The third kappa shape index (κ3) is 5.64. The van der Waals surface area contributed by atoms with E-state index in [9.17, 15) is 13.2 Å². The minimum absolute atomic E-state index is 0.156. The zero-order valence-corrected chi connectivity index (χ0v) is 17.7. The van der Waals surface area contributed by atoms with E-state index in [0.29, 0.717) is 43.4 Å². The van der Waals surface area contributed by atoms with Gasteiger partial charge in [-0.3, -0.25) is 9.78 Å². The Morgan fingerprint density at radius 2 is 1.76 bits per heavy atom. The Labute approximate surface area is 173 Å². The number of sulfonamides is 1. The van der Waals surface area contributed by atoms with Gasteiger partial charge in [0.05, 0.1) is 4.90 Å². The number of amides is 1. The highest BCUT2D eigenvalue weighted by molar-refractivity contribution is 7.89. The second-order valence-electron chi connectivity index (χ2n) is 7.46. The maximum absolute atomic E-state index is 12.7. The molecular formula is C22H29N3O3S. The van der Waals surface area contributed by atoms with Crippen molar-refractivity contribution in [3.05, 3.63) is 60.4 Å². The summed E-state index contributed by atoms with van der Waals surface area (Å²) in [6.07, 6.45) is 6.40. The maximum atomic E-state index is 12.7. The Morgan fingerprint density at radius 1 is 1.10 bits per heavy atom. The molecule has 0 saturated carbocycles. The summed E-state index contributed by atoms with van der Waals surface area (Å²) in [7, 11) is -3.42. The zero-order chi connectivity index (χ0) is 20.7. The van der Waals surface area contributed by atoms with Gasteiger partial charge in [0.2, 0.25) is 15.9 Å². The van der Waals surface area contributed by atoms with Crippen molar-refractivity contribution >= 4 is 15.9 Å². The van der Waals surface area contributed by atoms with E-state index in [-0.39, 0.29) is 5.91 Å². The Morgan fingerprint density at radius 3 is 2.38 bits per heavy atom. The Hall–Kier alpha value is -2.25. The SMILES string of the molecule is CCN(Cc1ccncc1)C(=O)CCC1CCN(S(=O)(=O)c2ccccc2)CC1. The Balaban J connectivity index is 1.47. The first-order valence-corrected chi connectivity index (χ1v) is 11.7. The second-order valence-corrected chi connectivity index (χ2v) is 9.40. The average Bonchev–Trinajstić information content (AvgIpc) is 2.77. The number of hydrogen-bond donors (Lipinski definition) is 0. The van der Waals surface area contributed by atoms with Crippen molar-refractivity contribution in [3.8, 4) is 0 Å². The van der Waals surface area contributed by atoms with Crippen LogP contribution in [-0.4, -0.2) is 48.1 Å². The first kappa shape index (κ1) is 21.5. The number of piperidine rings is 1. The van der Waals surface area contributed by atoms with E-state index < -0.39 is 10.0 Å². The molecule has 1 aromatic carbocycles. The van der Waals surface area contributed by atoms with Crippen molar-refractivity contribution in [1.82, 2.24) is 14.2 Å². The third-order valence-electron chi connectivity index (χ3n) is 5.58. The van der Waals surface area contributed by atoms with Gasteiger partial charge in [0.25, 0.3) is 0 Å². The smallest absolute Gasteiger partial charge is 0.243 e. The average molecular weight is 416 g/mol. The van der Waals surface area contributed by atoms with Crippen LogP contribution in [0.15, 0.2) is 59.8 Å². The topological polar surface area (TPSA) is 70.6 Å². The number of nitrogens with zero attached hydrogens (tertiary/aromatic N) is 3. The molecule has 0 radical (unpaired) electrons. The summed E-state index contributed by atoms with van der Waals surface area (Å²) < 4.78 is 27.0. The van der Waals surface area contributed by atoms with Crippen LogP contribution in [0.2, 0.25) is 0 Å². The van der Waals surface area contributed by atoms with Crippen LogP contribution in [0.25, 0.3) is 0 Å². The minimum Gasteiger partial charge on any atom is -0.339 e. The van der Waals surface area contributed by atoms with Crippen molar-refractivity contribution in [1.29, 1.82) is 0 Å². The molecule has 7 heteroatoms. The molecule has 2 heterocycles.